The Hall–Kier alpha value is -3.72. The number of hydrogen-bond donors (Lipinski definition) is 1. The number of alkyl halides is 3. The molecule has 0 spiro atoms. The van der Waals surface area contributed by atoms with Gasteiger partial charge in [0.15, 0.2) is 11.5 Å². The van der Waals surface area contributed by atoms with Crippen LogP contribution in [0.5, 0.6) is 5.75 Å². The van der Waals surface area contributed by atoms with Gasteiger partial charge in [0.2, 0.25) is 0 Å². The molecule has 4 aromatic rings. The van der Waals surface area contributed by atoms with Crippen molar-refractivity contribution in [2.24, 2.45) is 0 Å². The van der Waals surface area contributed by atoms with E-state index in [-0.39, 0.29) is 41.8 Å². The fraction of sp³-hybridized carbons (Fsp3) is 0.355. The molecule has 1 aliphatic carbocycles. The van der Waals surface area contributed by atoms with E-state index >= 15 is 0 Å². The molecule has 2 heterocycles. The van der Waals surface area contributed by atoms with Gasteiger partial charge < -0.3 is 14.5 Å². The number of hydrogen-bond acceptors (Lipinski definition) is 4. The van der Waals surface area contributed by atoms with Crippen LogP contribution in [-0.2, 0) is 24.7 Å². The Morgan fingerprint density at radius 1 is 1.05 bits per heavy atom. The topological polar surface area (TPSA) is 69.3 Å². The number of amides is 1. The van der Waals surface area contributed by atoms with Crippen molar-refractivity contribution in [3.8, 4) is 5.75 Å². The highest BCUT2D eigenvalue weighted by molar-refractivity contribution is 6.32. The number of carbonyl (C=O) groups is 1. The lowest BCUT2D eigenvalue weighted by Crippen LogP contribution is -2.25. The van der Waals surface area contributed by atoms with Crippen molar-refractivity contribution >= 4 is 17.5 Å². The minimum absolute atomic E-state index is 0.00326. The number of aryl methyl sites for hydroxylation is 1. The molecule has 0 atom stereocenters. The molecule has 1 amide bonds. The molecule has 41 heavy (non-hydrogen) atoms. The van der Waals surface area contributed by atoms with E-state index in [4.69, 9.17) is 20.8 Å². The molecule has 2 aromatic carbocycles. The van der Waals surface area contributed by atoms with E-state index in [9.17, 15) is 18.0 Å². The Balaban J connectivity index is 1.10. The van der Waals surface area contributed by atoms with Crippen LogP contribution in [0.4, 0.5) is 13.2 Å². The van der Waals surface area contributed by atoms with Gasteiger partial charge in [-0.3, -0.25) is 9.48 Å². The molecule has 2 aromatic heterocycles. The predicted molar refractivity (Wildman–Crippen MR) is 149 cm³/mol. The molecule has 5 rings (SSSR count). The summed E-state index contributed by atoms with van der Waals surface area (Å²) in [6.07, 6.45) is -2.64. The van der Waals surface area contributed by atoms with Crippen molar-refractivity contribution < 1.29 is 27.1 Å². The maximum Gasteiger partial charge on any atom is 0.436 e. The van der Waals surface area contributed by atoms with Gasteiger partial charge in [-0.15, -0.1) is 0 Å². The number of carbonyl (C=O) groups excluding carboxylic acids is 1. The van der Waals surface area contributed by atoms with Crippen molar-refractivity contribution in [3.05, 3.63) is 106 Å². The van der Waals surface area contributed by atoms with Crippen molar-refractivity contribution in [3.63, 3.8) is 0 Å². The van der Waals surface area contributed by atoms with Gasteiger partial charge in [0, 0.05) is 24.4 Å². The Labute approximate surface area is 241 Å². The summed E-state index contributed by atoms with van der Waals surface area (Å²) < 4.78 is 52.5. The lowest BCUT2D eigenvalue weighted by atomic mass is 9.78. The molecule has 0 unspecified atom stereocenters. The average Bonchev–Trinajstić information content (AvgIpc) is 3.56. The van der Waals surface area contributed by atoms with E-state index in [0.717, 1.165) is 18.4 Å². The minimum atomic E-state index is -4.61. The molecule has 1 fully saturated rings. The summed E-state index contributed by atoms with van der Waals surface area (Å²) in [5, 5.41) is 6.13. The van der Waals surface area contributed by atoms with E-state index in [1.165, 1.54) is 10.2 Å². The van der Waals surface area contributed by atoms with Gasteiger partial charge in [-0.05, 0) is 54.7 Å². The second-order valence-corrected chi connectivity index (χ2v) is 11.1. The monoisotopic (exact) mass is 585 g/mol. The van der Waals surface area contributed by atoms with Crippen LogP contribution >= 0.6 is 11.6 Å². The van der Waals surface area contributed by atoms with Crippen molar-refractivity contribution in [2.45, 2.75) is 63.8 Å². The second-order valence-electron chi connectivity index (χ2n) is 10.7. The van der Waals surface area contributed by atoms with Crippen LogP contribution in [0.15, 0.2) is 71.1 Å². The van der Waals surface area contributed by atoms with Crippen LogP contribution < -0.4 is 10.1 Å². The van der Waals surface area contributed by atoms with E-state index in [2.05, 4.69) is 36.4 Å². The van der Waals surface area contributed by atoms with Crippen LogP contribution in [-0.4, -0.2) is 22.2 Å². The summed E-state index contributed by atoms with van der Waals surface area (Å²) in [7, 11) is 0. The molecular formula is C31H31ClF3N3O3. The molecule has 0 bridgehead atoms. The fourth-order valence-electron chi connectivity index (χ4n) is 4.79. The van der Waals surface area contributed by atoms with Gasteiger partial charge in [0.1, 0.15) is 18.1 Å². The van der Waals surface area contributed by atoms with Crippen LogP contribution in [0.1, 0.15) is 77.9 Å². The van der Waals surface area contributed by atoms with Gasteiger partial charge in [-0.25, -0.2) is 0 Å². The number of nitrogens with zero attached hydrogens (tertiary/aromatic N) is 2. The first-order chi connectivity index (χ1) is 19.5. The highest BCUT2D eigenvalue weighted by Gasteiger charge is 2.41. The molecule has 6 nitrogen and oxygen atoms in total. The summed E-state index contributed by atoms with van der Waals surface area (Å²) in [4.78, 5) is 12.5. The number of aromatic nitrogens is 2. The highest BCUT2D eigenvalue weighted by Crippen LogP contribution is 2.47. The van der Waals surface area contributed by atoms with Crippen molar-refractivity contribution in [2.75, 3.05) is 6.54 Å². The standard InChI is InChI=1S/C31H31ClF3N3O3/c1-30(2,21-7-4-3-5-8-21)22-11-13-23(14-12-22)40-19-24-15-16-25(41-24)29(39)36-17-6-18-38-27(20-9-10-20)26(32)28(37-38)31(33,34)35/h3-5,7-8,11-16,20H,6,9-10,17-19H2,1-2H3,(H,36,39). The molecule has 0 radical (unpaired) electrons. The molecular weight excluding hydrogens is 555 g/mol. The number of furan rings is 1. The smallest absolute Gasteiger partial charge is 0.436 e. The third-order valence-electron chi connectivity index (χ3n) is 7.33. The van der Waals surface area contributed by atoms with Crippen LogP contribution in [0, 0.1) is 0 Å². The van der Waals surface area contributed by atoms with Crippen molar-refractivity contribution in [1.82, 2.24) is 15.1 Å². The number of benzene rings is 2. The maximum atomic E-state index is 13.2. The zero-order valence-corrected chi connectivity index (χ0v) is 23.6. The Morgan fingerprint density at radius 3 is 2.39 bits per heavy atom. The summed E-state index contributed by atoms with van der Waals surface area (Å²) in [5.74, 6) is 0.884. The molecule has 0 saturated heterocycles. The summed E-state index contributed by atoms with van der Waals surface area (Å²) in [6, 6.07) is 21.4. The van der Waals surface area contributed by atoms with Gasteiger partial charge >= 0.3 is 6.18 Å². The average molecular weight is 586 g/mol. The lowest BCUT2D eigenvalue weighted by molar-refractivity contribution is -0.141. The summed E-state index contributed by atoms with van der Waals surface area (Å²) in [5.41, 5.74) is 1.60. The molecule has 1 N–H and O–H groups in total. The van der Waals surface area contributed by atoms with E-state index in [1.807, 2.05) is 42.5 Å². The first-order valence-corrected chi connectivity index (χ1v) is 13.9. The molecule has 0 aliphatic heterocycles. The van der Waals surface area contributed by atoms with Crippen LogP contribution in [0.2, 0.25) is 5.02 Å². The fourth-order valence-corrected chi connectivity index (χ4v) is 5.19. The van der Waals surface area contributed by atoms with Gasteiger partial charge in [0.25, 0.3) is 5.91 Å². The van der Waals surface area contributed by atoms with Crippen LogP contribution in [0.3, 0.4) is 0 Å². The van der Waals surface area contributed by atoms with Gasteiger partial charge in [-0.2, -0.15) is 18.3 Å². The van der Waals surface area contributed by atoms with E-state index in [0.29, 0.717) is 23.6 Å². The first-order valence-electron chi connectivity index (χ1n) is 13.5. The van der Waals surface area contributed by atoms with Gasteiger partial charge in [-0.1, -0.05) is 67.9 Å². The molecule has 10 heteroatoms. The zero-order chi connectivity index (χ0) is 29.2. The minimum Gasteiger partial charge on any atom is -0.486 e. The third kappa shape index (κ3) is 6.62. The largest absolute Gasteiger partial charge is 0.486 e. The SMILES string of the molecule is CC(C)(c1ccccc1)c1ccc(OCc2ccc(C(=O)NCCCn3nc(C(F)(F)F)c(Cl)c3C3CC3)o2)cc1. The normalized spacial score (nSPS) is 13.8. The predicted octanol–water partition coefficient (Wildman–Crippen LogP) is 7.75. The number of halogens is 4. The number of rotatable bonds is 11. The molecule has 1 saturated carbocycles. The quantitative estimate of drug-likeness (QED) is 0.183. The van der Waals surface area contributed by atoms with Crippen molar-refractivity contribution in [1.29, 1.82) is 0 Å². The zero-order valence-electron chi connectivity index (χ0n) is 22.8. The lowest BCUT2D eigenvalue weighted by Gasteiger charge is -2.26. The Morgan fingerprint density at radius 2 is 1.73 bits per heavy atom. The maximum absolute atomic E-state index is 13.2. The van der Waals surface area contributed by atoms with Crippen LogP contribution in [0.25, 0.3) is 0 Å². The third-order valence-corrected chi connectivity index (χ3v) is 7.71. The van der Waals surface area contributed by atoms with Gasteiger partial charge in [0.05, 0.1) is 10.7 Å². The molecule has 216 valence electrons. The highest BCUT2D eigenvalue weighted by atomic mass is 35.5. The number of nitrogens with one attached hydrogen (secondary N) is 1. The Kier molecular flexibility index (Phi) is 8.18. The van der Waals surface area contributed by atoms with E-state index in [1.54, 1.807) is 12.1 Å². The number of ether oxygens (including phenoxy) is 1. The summed E-state index contributed by atoms with van der Waals surface area (Å²) >= 11 is 6.01. The first kappa shape index (κ1) is 28.8. The van der Waals surface area contributed by atoms with E-state index < -0.39 is 17.8 Å². The Bertz CT molecular complexity index is 1490. The second kappa shape index (κ2) is 11.6. The summed E-state index contributed by atoms with van der Waals surface area (Å²) in [6.45, 7) is 4.95. The molecule has 1 aliphatic rings.